The number of hydrogen-bond donors (Lipinski definition) is 0. The van der Waals surface area contributed by atoms with Crippen molar-refractivity contribution in [3.8, 4) is 0 Å². The second-order valence-electron chi connectivity index (χ2n) is 7.77. The molecule has 0 bridgehead atoms. The van der Waals surface area contributed by atoms with Gasteiger partial charge in [-0.05, 0) is 43.2 Å². The summed E-state index contributed by atoms with van der Waals surface area (Å²) < 4.78 is 0. The molecule has 17 heavy (non-hydrogen) atoms. The quantitative estimate of drug-likeness (QED) is 0.589. The van der Waals surface area contributed by atoms with Crippen LogP contribution in [0.25, 0.3) is 0 Å². The lowest BCUT2D eigenvalue weighted by molar-refractivity contribution is 0.129. The fourth-order valence-electron chi connectivity index (χ4n) is 2.96. The summed E-state index contributed by atoms with van der Waals surface area (Å²) in [6.07, 6.45) is 4.02. The van der Waals surface area contributed by atoms with Gasteiger partial charge in [-0.1, -0.05) is 54.9 Å². The average molecular weight is 241 g/mol. The van der Waals surface area contributed by atoms with Crippen LogP contribution >= 0.6 is 0 Å². The minimum atomic E-state index is 0.422. The molecule has 0 unspecified atom stereocenters. The summed E-state index contributed by atoms with van der Waals surface area (Å²) in [5.74, 6) is 0.829. The van der Waals surface area contributed by atoms with Crippen molar-refractivity contribution in [3.05, 3.63) is 0 Å². The van der Waals surface area contributed by atoms with Crippen LogP contribution in [0.1, 0.15) is 67.7 Å². The van der Waals surface area contributed by atoms with Gasteiger partial charge in [0.05, 0.1) is 0 Å². The minimum Gasteiger partial charge on any atom is -0.306 e. The SMILES string of the molecule is CCN(C)CC(C)(C)CC(C)(C)CCC(C)C. The molecule has 0 aliphatic rings. The molecule has 0 spiro atoms. The van der Waals surface area contributed by atoms with Crippen LogP contribution in [0.5, 0.6) is 0 Å². The first-order valence-corrected chi connectivity index (χ1v) is 7.26. The third-order valence-electron chi connectivity index (χ3n) is 3.59. The molecule has 0 fully saturated rings. The molecule has 0 rings (SSSR count). The molecule has 0 amide bonds. The Morgan fingerprint density at radius 2 is 1.53 bits per heavy atom. The first-order chi connectivity index (χ1) is 7.58. The van der Waals surface area contributed by atoms with Gasteiger partial charge in [0.2, 0.25) is 0 Å². The van der Waals surface area contributed by atoms with Gasteiger partial charge < -0.3 is 4.90 Å². The second kappa shape index (κ2) is 6.78. The maximum atomic E-state index is 2.43. The van der Waals surface area contributed by atoms with E-state index in [0.29, 0.717) is 10.8 Å². The molecule has 0 aromatic heterocycles. The van der Waals surface area contributed by atoms with Crippen LogP contribution in [0.2, 0.25) is 0 Å². The van der Waals surface area contributed by atoms with Crippen LogP contribution < -0.4 is 0 Å². The first-order valence-electron chi connectivity index (χ1n) is 7.26. The molecule has 1 heteroatoms. The molecule has 1 nitrogen and oxygen atoms in total. The summed E-state index contributed by atoms with van der Waals surface area (Å²) in [6.45, 7) is 18.9. The molecule has 0 aromatic rings. The van der Waals surface area contributed by atoms with Crippen LogP contribution in [0.3, 0.4) is 0 Å². The van der Waals surface area contributed by atoms with Gasteiger partial charge in [0, 0.05) is 6.54 Å². The molecule has 0 saturated heterocycles. The second-order valence-corrected chi connectivity index (χ2v) is 7.77. The fourth-order valence-corrected chi connectivity index (χ4v) is 2.96. The Hall–Kier alpha value is -0.0400. The van der Waals surface area contributed by atoms with Crippen molar-refractivity contribution in [2.45, 2.75) is 67.7 Å². The van der Waals surface area contributed by atoms with E-state index in [2.05, 4.69) is 60.4 Å². The first kappa shape index (κ1) is 17.0. The molecule has 104 valence electrons. The van der Waals surface area contributed by atoms with Gasteiger partial charge in [0.15, 0.2) is 0 Å². The average Bonchev–Trinajstić information content (AvgIpc) is 2.12. The van der Waals surface area contributed by atoms with E-state index in [4.69, 9.17) is 0 Å². The van der Waals surface area contributed by atoms with Crippen molar-refractivity contribution in [3.63, 3.8) is 0 Å². The lowest BCUT2D eigenvalue weighted by atomic mass is 9.72. The van der Waals surface area contributed by atoms with E-state index in [0.717, 1.165) is 12.5 Å². The van der Waals surface area contributed by atoms with Gasteiger partial charge in [-0.25, -0.2) is 0 Å². The van der Waals surface area contributed by atoms with Crippen LogP contribution in [-0.4, -0.2) is 25.0 Å². The molecule has 0 aliphatic heterocycles. The van der Waals surface area contributed by atoms with Crippen molar-refractivity contribution >= 4 is 0 Å². The van der Waals surface area contributed by atoms with Gasteiger partial charge in [-0.3, -0.25) is 0 Å². The molecule has 0 heterocycles. The largest absolute Gasteiger partial charge is 0.306 e. The molecule has 0 aliphatic carbocycles. The Balaban J connectivity index is 4.26. The van der Waals surface area contributed by atoms with Crippen LogP contribution in [0, 0.1) is 16.7 Å². The van der Waals surface area contributed by atoms with Crippen molar-refractivity contribution in [2.24, 2.45) is 16.7 Å². The zero-order chi connectivity index (χ0) is 13.7. The minimum absolute atomic E-state index is 0.422. The molecule has 0 N–H and O–H groups in total. The van der Waals surface area contributed by atoms with Crippen molar-refractivity contribution < 1.29 is 0 Å². The van der Waals surface area contributed by atoms with E-state index in [1.165, 1.54) is 25.8 Å². The fraction of sp³-hybridized carbons (Fsp3) is 1.00. The summed E-state index contributed by atoms with van der Waals surface area (Å²) in [5.41, 5.74) is 0.896. The van der Waals surface area contributed by atoms with E-state index in [1.54, 1.807) is 0 Å². The highest BCUT2D eigenvalue weighted by atomic mass is 15.1. The Kier molecular flexibility index (Phi) is 6.76. The zero-order valence-corrected chi connectivity index (χ0v) is 13.6. The van der Waals surface area contributed by atoms with Crippen LogP contribution in [0.4, 0.5) is 0 Å². The Bertz CT molecular complexity index is 204. The molecule has 0 atom stereocenters. The van der Waals surface area contributed by atoms with Crippen LogP contribution in [0.15, 0.2) is 0 Å². The molecule has 0 saturated carbocycles. The van der Waals surface area contributed by atoms with Gasteiger partial charge in [0.1, 0.15) is 0 Å². The lowest BCUT2D eigenvalue weighted by Gasteiger charge is -2.37. The Labute approximate surface area is 110 Å². The summed E-state index contributed by atoms with van der Waals surface area (Å²) >= 11 is 0. The molecule has 0 aromatic carbocycles. The Morgan fingerprint density at radius 3 is 1.94 bits per heavy atom. The predicted molar refractivity (Wildman–Crippen MR) is 79.4 cm³/mol. The highest BCUT2D eigenvalue weighted by Gasteiger charge is 2.29. The maximum Gasteiger partial charge on any atom is 0.00297 e. The van der Waals surface area contributed by atoms with Crippen molar-refractivity contribution in [2.75, 3.05) is 20.1 Å². The third kappa shape index (κ3) is 8.65. The highest BCUT2D eigenvalue weighted by Crippen LogP contribution is 2.38. The lowest BCUT2D eigenvalue weighted by Crippen LogP contribution is -2.34. The van der Waals surface area contributed by atoms with Gasteiger partial charge in [-0.2, -0.15) is 0 Å². The van der Waals surface area contributed by atoms with Gasteiger partial charge >= 0.3 is 0 Å². The van der Waals surface area contributed by atoms with E-state index in [-0.39, 0.29) is 0 Å². The van der Waals surface area contributed by atoms with Gasteiger partial charge in [-0.15, -0.1) is 0 Å². The monoisotopic (exact) mass is 241 g/mol. The summed E-state index contributed by atoms with van der Waals surface area (Å²) in [6, 6.07) is 0. The topological polar surface area (TPSA) is 3.24 Å². The predicted octanol–water partition coefficient (Wildman–Crippen LogP) is 4.82. The number of rotatable bonds is 8. The molecular weight excluding hydrogens is 206 g/mol. The summed E-state index contributed by atoms with van der Waals surface area (Å²) in [4.78, 5) is 2.43. The number of hydrogen-bond acceptors (Lipinski definition) is 1. The van der Waals surface area contributed by atoms with E-state index < -0.39 is 0 Å². The zero-order valence-electron chi connectivity index (χ0n) is 13.6. The smallest absolute Gasteiger partial charge is 0.00297 e. The van der Waals surface area contributed by atoms with Crippen LogP contribution in [-0.2, 0) is 0 Å². The third-order valence-corrected chi connectivity index (χ3v) is 3.59. The number of nitrogens with zero attached hydrogens (tertiary/aromatic N) is 1. The van der Waals surface area contributed by atoms with E-state index in [1.807, 2.05) is 0 Å². The van der Waals surface area contributed by atoms with Crippen molar-refractivity contribution in [1.29, 1.82) is 0 Å². The summed E-state index contributed by atoms with van der Waals surface area (Å²) in [7, 11) is 2.23. The highest BCUT2D eigenvalue weighted by molar-refractivity contribution is 4.81. The Morgan fingerprint density at radius 1 is 1.00 bits per heavy atom. The standard InChI is InChI=1S/C16H35N/c1-9-17(8)13-16(6,7)12-15(4,5)11-10-14(2)3/h14H,9-13H2,1-8H3. The normalized spacial score (nSPS) is 13.8. The van der Waals surface area contributed by atoms with E-state index >= 15 is 0 Å². The van der Waals surface area contributed by atoms with Crippen molar-refractivity contribution in [1.82, 2.24) is 4.90 Å². The summed E-state index contributed by atoms with van der Waals surface area (Å²) in [5, 5.41) is 0. The maximum absolute atomic E-state index is 2.43. The molecular formula is C16H35N. The van der Waals surface area contributed by atoms with Gasteiger partial charge in [0.25, 0.3) is 0 Å². The molecule has 0 radical (unpaired) electrons. The van der Waals surface area contributed by atoms with E-state index in [9.17, 15) is 0 Å².